The monoisotopic (exact) mass is 157 g/mol. The Kier molecular flexibility index (Phi) is 1.67. The Labute approximate surface area is 71.2 Å². The maximum atomic E-state index is 4.17. The minimum atomic E-state index is 0.811. The van der Waals surface area contributed by atoms with E-state index in [2.05, 4.69) is 22.2 Å². The lowest BCUT2D eigenvalue weighted by molar-refractivity contribution is 0.864. The van der Waals surface area contributed by atoms with Crippen molar-refractivity contribution in [1.29, 1.82) is 0 Å². The molecular weight excluding hydrogens is 148 g/mol. The fourth-order valence-corrected chi connectivity index (χ4v) is 1.24. The van der Waals surface area contributed by atoms with E-state index < -0.39 is 0 Å². The molecule has 0 N–H and O–H groups in total. The molecule has 2 rings (SSSR count). The smallest absolute Gasteiger partial charge is 0.0960 e. The predicted octanol–water partition coefficient (Wildman–Crippen LogP) is 2.02. The Bertz CT molecular complexity index is 401. The van der Waals surface area contributed by atoms with Crippen LogP contribution in [0, 0.1) is 6.07 Å². The molecule has 2 heteroatoms. The number of nitrogens with zero attached hydrogens (tertiary/aromatic N) is 2. The van der Waals surface area contributed by atoms with Crippen LogP contribution in [0.2, 0.25) is 0 Å². The van der Waals surface area contributed by atoms with Crippen LogP contribution in [0.1, 0.15) is 0 Å². The largest absolute Gasteiger partial charge is 0.342 e. The molecule has 0 aromatic carbocycles. The average Bonchev–Trinajstić information content (AvgIpc) is 2.50. The Morgan fingerprint density at radius 2 is 2.58 bits per heavy atom. The van der Waals surface area contributed by atoms with Gasteiger partial charge in [0.25, 0.3) is 0 Å². The molecule has 59 valence electrons. The molecular formula is C10H9N2. The summed E-state index contributed by atoms with van der Waals surface area (Å²) >= 11 is 0. The van der Waals surface area contributed by atoms with Gasteiger partial charge in [-0.05, 0) is 12.1 Å². The van der Waals surface area contributed by atoms with E-state index >= 15 is 0 Å². The zero-order valence-electron chi connectivity index (χ0n) is 6.70. The van der Waals surface area contributed by atoms with Gasteiger partial charge in [-0.2, -0.15) is 0 Å². The second-order valence-electron chi connectivity index (χ2n) is 2.59. The first-order chi connectivity index (χ1) is 5.92. The Morgan fingerprint density at radius 3 is 3.42 bits per heavy atom. The fourth-order valence-electron chi connectivity index (χ4n) is 1.24. The highest BCUT2D eigenvalue weighted by Gasteiger charge is 1.97. The van der Waals surface area contributed by atoms with Crippen molar-refractivity contribution in [3.63, 3.8) is 0 Å². The highest BCUT2D eigenvalue weighted by molar-refractivity contribution is 5.74. The molecule has 0 saturated carbocycles. The third-order valence-corrected chi connectivity index (χ3v) is 1.78. The van der Waals surface area contributed by atoms with E-state index in [1.54, 1.807) is 6.20 Å². The molecule has 0 aliphatic heterocycles. The average molecular weight is 157 g/mol. The number of hydrogen-bond acceptors (Lipinski definition) is 1. The standard InChI is InChI=1S/C10H9N2/c1-2-7-12-8-5-9-10(12)4-3-6-11-9/h2-4,6,8H,1,7H2. The molecule has 0 saturated heterocycles. The van der Waals surface area contributed by atoms with Crippen LogP contribution in [0.15, 0.2) is 37.2 Å². The highest BCUT2D eigenvalue weighted by atomic mass is 15.0. The van der Waals surface area contributed by atoms with Gasteiger partial charge in [0.1, 0.15) is 0 Å². The van der Waals surface area contributed by atoms with E-state index in [1.807, 2.05) is 24.4 Å². The lowest BCUT2D eigenvalue weighted by atomic mass is 10.4. The molecule has 0 atom stereocenters. The van der Waals surface area contributed by atoms with Crippen molar-refractivity contribution in [3.8, 4) is 0 Å². The number of pyridine rings is 1. The minimum Gasteiger partial charge on any atom is -0.342 e. The molecule has 12 heavy (non-hydrogen) atoms. The maximum Gasteiger partial charge on any atom is 0.0960 e. The van der Waals surface area contributed by atoms with Gasteiger partial charge < -0.3 is 4.57 Å². The van der Waals surface area contributed by atoms with Gasteiger partial charge >= 0.3 is 0 Å². The van der Waals surface area contributed by atoms with Gasteiger partial charge in [0.05, 0.1) is 11.0 Å². The van der Waals surface area contributed by atoms with Crippen molar-refractivity contribution < 1.29 is 0 Å². The summed E-state index contributed by atoms with van der Waals surface area (Å²) in [6.45, 7) is 4.50. The molecule has 0 unspecified atom stereocenters. The SMILES string of the molecule is C=CCn1c[c]c2ncccc21. The number of allylic oxidation sites excluding steroid dienone is 1. The molecule has 0 fully saturated rings. The number of hydrogen-bond donors (Lipinski definition) is 0. The van der Waals surface area contributed by atoms with Crippen LogP contribution in [0.5, 0.6) is 0 Å². The van der Waals surface area contributed by atoms with Crippen LogP contribution in [0.4, 0.5) is 0 Å². The van der Waals surface area contributed by atoms with Crippen LogP contribution in [-0.2, 0) is 6.54 Å². The summed E-state index contributed by atoms with van der Waals surface area (Å²) in [6, 6.07) is 7.03. The fraction of sp³-hybridized carbons (Fsp3) is 0.100. The van der Waals surface area contributed by atoms with Gasteiger partial charge in [0, 0.05) is 25.0 Å². The van der Waals surface area contributed by atoms with Gasteiger partial charge in [-0.1, -0.05) is 6.08 Å². The van der Waals surface area contributed by atoms with Gasteiger partial charge in [-0.3, -0.25) is 4.98 Å². The molecule has 0 bridgehead atoms. The van der Waals surface area contributed by atoms with Crippen LogP contribution < -0.4 is 0 Å². The first-order valence-corrected chi connectivity index (χ1v) is 3.84. The summed E-state index contributed by atoms with van der Waals surface area (Å²) in [5.41, 5.74) is 2.02. The Balaban J connectivity index is 2.62. The quantitative estimate of drug-likeness (QED) is 0.610. The predicted molar refractivity (Wildman–Crippen MR) is 48.8 cm³/mol. The molecule has 1 radical (unpaired) electrons. The Hall–Kier alpha value is -1.57. The first-order valence-electron chi connectivity index (χ1n) is 3.84. The minimum absolute atomic E-state index is 0.811. The van der Waals surface area contributed by atoms with Crippen LogP contribution in [-0.4, -0.2) is 9.55 Å². The third kappa shape index (κ3) is 1.01. The second-order valence-corrected chi connectivity index (χ2v) is 2.59. The third-order valence-electron chi connectivity index (χ3n) is 1.78. The number of aromatic nitrogens is 2. The first kappa shape index (κ1) is 7.10. The van der Waals surface area contributed by atoms with Crippen molar-refractivity contribution in [2.24, 2.45) is 0 Å². The molecule has 0 aliphatic rings. The zero-order valence-corrected chi connectivity index (χ0v) is 6.70. The summed E-state index contributed by atoms with van der Waals surface area (Å²) in [7, 11) is 0. The zero-order chi connectivity index (χ0) is 8.39. The second kappa shape index (κ2) is 2.81. The van der Waals surface area contributed by atoms with Crippen molar-refractivity contribution in [2.75, 3.05) is 0 Å². The maximum absolute atomic E-state index is 4.17. The van der Waals surface area contributed by atoms with E-state index in [0.717, 1.165) is 17.6 Å². The van der Waals surface area contributed by atoms with Gasteiger partial charge in [-0.25, -0.2) is 0 Å². The molecule has 2 aromatic rings. The van der Waals surface area contributed by atoms with Crippen molar-refractivity contribution >= 4 is 11.0 Å². The van der Waals surface area contributed by atoms with Gasteiger partial charge in [-0.15, -0.1) is 6.58 Å². The van der Waals surface area contributed by atoms with Crippen LogP contribution >= 0.6 is 0 Å². The van der Waals surface area contributed by atoms with E-state index in [1.165, 1.54) is 0 Å². The van der Waals surface area contributed by atoms with E-state index in [-0.39, 0.29) is 0 Å². The van der Waals surface area contributed by atoms with Crippen molar-refractivity contribution in [2.45, 2.75) is 6.54 Å². The lowest BCUT2D eigenvalue weighted by Crippen LogP contribution is -1.91. The summed E-state index contributed by atoms with van der Waals surface area (Å²) < 4.78 is 2.06. The normalized spacial score (nSPS) is 10.3. The summed E-state index contributed by atoms with van der Waals surface area (Å²) in [6.07, 6.45) is 5.54. The molecule has 0 amide bonds. The molecule has 0 aliphatic carbocycles. The molecule has 2 heterocycles. The van der Waals surface area contributed by atoms with E-state index in [4.69, 9.17) is 0 Å². The van der Waals surface area contributed by atoms with Crippen molar-refractivity contribution in [1.82, 2.24) is 9.55 Å². The molecule has 2 nitrogen and oxygen atoms in total. The highest BCUT2D eigenvalue weighted by Crippen LogP contribution is 2.10. The van der Waals surface area contributed by atoms with Crippen molar-refractivity contribution in [3.05, 3.63) is 43.2 Å². The topological polar surface area (TPSA) is 17.8 Å². The van der Waals surface area contributed by atoms with E-state index in [0.29, 0.717) is 0 Å². The number of rotatable bonds is 2. The van der Waals surface area contributed by atoms with Crippen LogP contribution in [0.25, 0.3) is 11.0 Å². The summed E-state index contributed by atoms with van der Waals surface area (Å²) in [4.78, 5) is 4.17. The van der Waals surface area contributed by atoms with Crippen LogP contribution in [0.3, 0.4) is 0 Å². The Morgan fingerprint density at radius 1 is 1.67 bits per heavy atom. The lowest BCUT2D eigenvalue weighted by Gasteiger charge is -1.98. The number of fused-ring (bicyclic) bond motifs is 1. The molecule has 2 aromatic heterocycles. The van der Waals surface area contributed by atoms with Gasteiger partial charge in [0.2, 0.25) is 0 Å². The summed E-state index contributed by atoms with van der Waals surface area (Å²) in [5, 5.41) is 0. The molecule has 0 spiro atoms. The van der Waals surface area contributed by atoms with E-state index in [9.17, 15) is 0 Å². The summed E-state index contributed by atoms with van der Waals surface area (Å²) in [5.74, 6) is 0. The van der Waals surface area contributed by atoms with Gasteiger partial charge in [0.15, 0.2) is 0 Å².